The highest BCUT2D eigenvalue weighted by Crippen LogP contribution is 2.35. The molecule has 0 bridgehead atoms. The van der Waals surface area contributed by atoms with Crippen LogP contribution in [0.5, 0.6) is 0 Å². The van der Waals surface area contributed by atoms with Gasteiger partial charge in [0, 0.05) is 17.8 Å². The number of fused-ring (bicyclic) bond motifs is 1. The fourth-order valence-corrected chi connectivity index (χ4v) is 2.80. The summed E-state index contributed by atoms with van der Waals surface area (Å²) in [7, 11) is 0. The van der Waals surface area contributed by atoms with Gasteiger partial charge in [0.1, 0.15) is 6.54 Å². The first-order valence-electron chi connectivity index (χ1n) is 7.86. The summed E-state index contributed by atoms with van der Waals surface area (Å²) in [5, 5.41) is 6.43. The minimum absolute atomic E-state index is 0.137. The summed E-state index contributed by atoms with van der Waals surface area (Å²) in [6, 6.07) is 0. The van der Waals surface area contributed by atoms with Crippen LogP contribution in [-0.2, 0) is 30.4 Å². The van der Waals surface area contributed by atoms with Crippen molar-refractivity contribution in [3.8, 4) is 0 Å². The molecule has 0 aliphatic heterocycles. The first-order valence-corrected chi connectivity index (χ1v) is 7.86. The Balaban J connectivity index is 2.20. The summed E-state index contributed by atoms with van der Waals surface area (Å²) in [6.45, 7) is 2.42. The minimum atomic E-state index is -4.46. The van der Waals surface area contributed by atoms with Crippen LogP contribution in [0.4, 0.5) is 13.2 Å². The number of carbonyl (C=O) groups excluding carboxylic acids is 1. The van der Waals surface area contributed by atoms with E-state index in [0.29, 0.717) is 25.1 Å². The van der Waals surface area contributed by atoms with Gasteiger partial charge in [-0.3, -0.25) is 9.48 Å². The second-order valence-electron chi connectivity index (χ2n) is 5.69. The van der Waals surface area contributed by atoms with E-state index in [1.807, 2.05) is 6.92 Å². The number of nitrogens with zero attached hydrogens (tertiary/aromatic N) is 2. The zero-order valence-electron chi connectivity index (χ0n) is 12.8. The molecular formula is C15H22F3N3O. The first-order chi connectivity index (χ1) is 10.4. The third kappa shape index (κ3) is 4.01. The number of halogens is 3. The second-order valence-corrected chi connectivity index (χ2v) is 5.69. The lowest BCUT2D eigenvalue weighted by atomic mass is 10.1. The van der Waals surface area contributed by atoms with Crippen molar-refractivity contribution in [2.45, 2.75) is 64.6 Å². The molecule has 1 amide bonds. The van der Waals surface area contributed by atoms with Crippen LogP contribution in [0.3, 0.4) is 0 Å². The topological polar surface area (TPSA) is 46.9 Å². The van der Waals surface area contributed by atoms with Crippen LogP contribution in [0.2, 0.25) is 0 Å². The van der Waals surface area contributed by atoms with Gasteiger partial charge in [-0.1, -0.05) is 19.8 Å². The van der Waals surface area contributed by atoms with E-state index in [2.05, 4.69) is 10.4 Å². The van der Waals surface area contributed by atoms with E-state index in [4.69, 9.17) is 0 Å². The van der Waals surface area contributed by atoms with E-state index in [0.717, 1.165) is 32.1 Å². The lowest BCUT2D eigenvalue weighted by molar-refractivity contribution is -0.142. The Morgan fingerprint density at radius 3 is 2.68 bits per heavy atom. The maximum absolute atomic E-state index is 13.1. The molecular weight excluding hydrogens is 295 g/mol. The molecule has 0 unspecified atom stereocenters. The number of unbranched alkanes of at least 4 members (excludes halogenated alkanes) is 1. The normalized spacial score (nSPS) is 15.3. The van der Waals surface area contributed by atoms with Gasteiger partial charge in [0.2, 0.25) is 5.91 Å². The Hall–Kier alpha value is -1.53. The SMILES string of the molecule is CCCCNC(=O)Cn1nc(C(F)(F)F)c2c1CCCCC2. The van der Waals surface area contributed by atoms with Crippen molar-refractivity contribution < 1.29 is 18.0 Å². The van der Waals surface area contributed by atoms with E-state index in [1.165, 1.54) is 4.68 Å². The highest BCUT2D eigenvalue weighted by Gasteiger charge is 2.39. The third-order valence-electron chi connectivity index (χ3n) is 3.92. The molecule has 0 fully saturated rings. The molecule has 2 rings (SSSR count). The van der Waals surface area contributed by atoms with Gasteiger partial charge in [0.05, 0.1) is 0 Å². The molecule has 1 aromatic heterocycles. The van der Waals surface area contributed by atoms with Crippen molar-refractivity contribution in [1.29, 1.82) is 0 Å². The fourth-order valence-electron chi connectivity index (χ4n) is 2.80. The Morgan fingerprint density at radius 2 is 2.00 bits per heavy atom. The predicted octanol–water partition coefficient (Wildman–Crippen LogP) is 3.09. The average Bonchev–Trinajstić information content (AvgIpc) is 2.63. The number of aromatic nitrogens is 2. The summed E-state index contributed by atoms with van der Waals surface area (Å²) < 4.78 is 40.6. The predicted molar refractivity (Wildman–Crippen MR) is 76.4 cm³/mol. The third-order valence-corrected chi connectivity index (χ3v) is 3.92. The molecule has 0 aromatic carbocycles. The van der Waals surface area contributed by atoms with Crippen molar-refractivity contribution in [1.82, 2.24) is 15.1 Å². The maximum atomic E-state index is 13.1. The van der Waals surface area contributed by atoms with Crippen molar-refractivity contribution in [2.24, 2.45) is 0 Å². The largest absolute Gasteiger partial charge is 0.435 e. The number of amides is 1. The van der Waals surface area contributed by atoms with Crippen LogP contribution >= 0.6 is 0 Å². The Kier molecular flexibility index (Phi) is 5.47. The molecule has 1 aliphatic carbocycles. The molecule has 0 radical (unpaired) electrons. The van der Waals surface area contributed by atoms with Gasteiger partial charge in [0.25, 0.3) is 0 Å². The van der Waals surface area contributed by atoms with Gasteiger partial charge >= 0.3 is 6.18 Å². The number of nitrogens with one attached hydrogen (secondary N) is 1. The monoisotopic (exact) mass is 317 g/mol. The quantitative estimate of drug-likeness (QED) is 0.670. The molecule has 4 nitrogen and oxygen atoms in total. The fraction of sp³-hybridized carbons (Fsp3) is 0.733. The smallest absolute Gasteiger partial charge is 0.354 e. The summed E-state index contributed by atoms with van der Waals surface area (Å²) in [5.41, 5.74) is 0.0487. The molecule has 7 heteroatoms. The molecule has 0 saturated heterocycles. The van der Waals surface area contributed by atoms with Crippen LogP contribution in [0.25, 0.3) is 0 Å². The van der Waals surface area contributed by atoms with Crippen molar-refractivity contribution >= 4 is 5.91 Å². The van der Waals surface area contributed by atoms with E-state index in [1.54, 1.807) is 0 Å². The highest BCUT2D eigenvalue weighted by atomic mass is 19.4. The van der Waals surface area contributed by atoms with Crippen LogP contribution in [0.15, 0.2) is 0 Å². The maximum Gasteiger partial charge on any atom is 0.435 e. The van der Waals surface area contributed by atoms with Crippen LogP contribution < -0.4 is 5.32 Å². The summed E-state index contributed by atoms with van der Waals surface area (Å²) in [5.74, 6) is -0.281. The van der Waals surface area contributed by atoms with Crippen LogP contribution in [-0.4, -0.2) is 22.2 Å². The molecule has 1 N–H and O–H groups in total. The zero-order chi connectivity index (χ0) is 16.2. The van der Waals surface area contributed by atoms with Crippen LogP contribution in [0, 0.1) is 0 Å². The molecule has 0 spiro atoms. The zero-order valence-corrected chi connectivity index (χ0v) is 12.8. The van der Waals surface area contributed by atoms with E-state index in [9.17, 15) is 18.0 Å². The second kappa shape index (κ2) is 7.15. The van der Waals surface area contributed by atoms with Gasteiger partial charge in [-0.2, -0.15) is 18.3 Å². The number of alkyl halides is 3. The number of hydrogen-bond acceptors (Lipinski definition) is 2. The standard InChI is InChI=1S/C15H22F3N3O/c1-2-3-9-19-13(22)10-21-12-8-6-4-5-7-11(12)14(20-21)15(16,17)18/h2-10H2,1H3,(H,19,22). The molecule has 1 aromatic rings. The molecule has 124 valence electrons. The lowest BCUT2D eigenvalue weighted by Gasteiger charge is -2.08. The molecule has 0 atom stereocenters. The summed E-state index contributed by atoms with van der Waals surface area (Å²) >= 11 is 0. The van der Waals surface area contributed by atoms with E-state index >= 15 is 0 Å². The number of carbonyl (C=O) groups is 1. The molecule has 1 aliphatic rings. The van der Waals surface area contributed by atoms with Crippen LogP contribution in [0.1, 0.15) is 56.0 Å². The summed E-state index contributed by atoms with van der Waals surface area (Å²) in [4.78, 5) is 11.9. The lowest BCUT2D eigenvalue weighted by Crippen LogP contribution is -2.29. The Bertz CT molecular complexity index is 523. The van der Waals surface area contributed by atoms with Crippen molar-refractivity contribution in [3.05, 3.63) is 17.0 Å². The number of hydrogen-bond donors (Lipinski definition) is 1. The van der Waals surface area contributed by atoms with Gasteiger partial charge in [0.15, 0.2) is 5.69 Å². The van der Waals surface area contributed by atoms with Gasteiger partial charge in [-0.15, -0.1) is 0 Å². The van der Waals surface area contributed by atoms with E-state index in [-0.39, 0.29) is 18.0 Å². The van der Waals surface area contributed by atoms with Gasteiger partial charge in [-0.25, -0.2) is 0 Å². The highest BCUT2D eigenvalue weighted by molar-refractivity contribution is 5.75. The minimum Gasteiger partial charge on any atom is -0.354 e. The molecule has 1 heterocycles. The van der Waals surface area contributed by atoms with Crippen molar-refractivity contribution in [2.75, 3.05) is 6.54 Å². The summed E-state index contributed by atoms with van der Waals surface area (Å²) in [6.07, 6.45) is 0.791. The Morgan fingerprint density at radius 1 is 1.27 bits per heavy atom. The number of rotatable bonds is 5. The van der Waals surface area contributed by atoms with Gasteiger partial charge in [-0.05, 0) is 32.1 Å². The average molecular weight is 317 g/mol. The Labute approximate surface area is 128 Å². The van der Waals surface area contributed by atoms with E-state index < -0.39 is 11.9 Å². The molecule has 22 heavy (non-hydrogen) atoms. The first kappa shape index (κ1) is 16.8. The van der Waals surface area contributed by atoms with Gasteiger partial charge < -0.3 is 5.32 Å². The molecule has 0 saturated carbocycles. The van der Waals surface area contributed by atoms with Crippen molar-refractivity contribution in [3.63, 3.8) is 0 Å².